The summed E-state index contributed by atoms with van der Waals surface area (Å²) in [5.74, 6) is -3.65. The molecule has 0 saturated carbocycles. The number of aliphatic hydroxyl groups is 1. The number of aromatic hydroxyl groups is 1. The highest BCUT2D eigenvalue weighted by atomic mass is 79.9. The molecule has 4 nitrogen and oxygen atoms in total. The Morgan fingerprint density at radius 1 is 1.53 bits per heavy atom. The molecule has 0 aromatic heterocycles. The minimum Gasteiger partial charge on any atom is -0.506 e. The van der Waals surface area contributed by atoms with Crippen LogP contribution in [0.15, 0.2) is 16.6 Å². The Morgan fingerprint density at radius 2 is 2.12 bits per heavy atom. The van der Waals surface area contributed by atoms with Crippen molar-refractivity contribution in [2.24, 2.45) is 5.73 Å². The van der Waals surface area contributed by atoms with Gasteiger partial charge in [0.05, 0.1) is 11.6 Å². The van der Waals surface area contributed by atoms with Gasteiger partial charge >= 0.3 is 0 Å². The molecule has 1 aromatic rings. The lowest BCUT2D eigenvalue weighted by Crippen LogP contribution is -2.36. The van der Waals surface area contributed by atoms with E-state index in [-0.39, 0.29) is 15.8 Å². The second kappa shape index (κ2) is 5.16. The van der Waals surface area contributed by atoms with E-state index in [0.717, 1.165) is 0 Å². The van der Waals surface area contributed by atoms with Crippen LogP contribution in [0.1, 0.15) is 11.6 Å². The molecule has 96 valence electrons. The number of alkyl halides is 2. The lowest BCUT2D eigenvalue weighted by atomic mass is 10.0. The smallest absolute Gasteiger partial charge is 0.289 e. The number of nitrogens with two attached hydrogens (primary N) is 1. The number of phenolic OH excluding ortho intramolecular Hbond substituents is 1. The van der Waals surface area contributed by atoms with Crippen molar-refractivity contribution >= 4 is 15.9 Å². The number of benzene rings is 1. The highest BCUT2D eigenvalue weighted by molar-refractivity contribution is 9.10. The Bertz CT molecular complexity index is 415. The van der Waals surface area contributed by atoms with Gasteiger partial charge in [-0.1, -0.05) is 0 Å². The van der Waals surface area contributed by atoms with Crippen molar-refractivity contribution < 1.29 is 23.7 Å². The van der Waals surface area contributed by atoms with Crippen molar-refractivity contribution in [2.45, 2.75) is 12.0 Å². The molecule has 0 spiro atoms. The predicted octanol–water partition coefficient (Wildman–Crippen LogP) is 1.79. The van der Waals surface area contributed by atoms with Gasteiger partial charge in [0.2, 0.25) is 0 Å². The molecule has 7 heteroatoms. The van der Waals surface area contributed by atoms with Crippen LogP contribution >= 0.6 is 15.9 Å². The van der Waals surface area contributed by atoms with E-state index in [1.54, 1.807) is 0 Å². The first-order valence-corrected chi connectivity index (χ1v) is 5.43. The van der Waals surface area contributed by atoms with Crippen molar-refractivity contribution in [2.75, 3.05) is 13.7 Å². The number of hydrogen-bond donors (Lipinski definition) is 3. The van der Waals surface area contributed by atoms with Gasteiger partial charge in [-0.25, -0.2) is 8.78 Å². The van der Waals surface area contributed by atoms with Gasteiger partial charge in [-0.15, -0.1) is 0 Å². The summed E-state index contributed by atoms with van der Waals surface area (Å²) in [6.07, 6.45) is 0. The van der Waals surface area contributed by atoms with Gasteiger partial charge in [0.1, 0.15) is 24.1 Å². The molecular weight excluding hydrogens is 300 g/mol. The largest absolute Gasteiger partial charge is 0.506 e. The minimum absolute atomic E-state index is 0.191. The average Bonchev–Trinajstić information content (AvgIpc) is 2.31. The standard InChI is InChI=1S/C10H12BrF2NO3/c1-17-5-2-6(8(16)7(11)3-5)9(14)10(12,13)4-15/h2-3,9,15-16H,4,14H2,1H3/t9-/m0/s1. The summed E-state index contributed by atoms with van der Waals surface area (Å²) >= 11 is 3.00. The van der Waals surface area contributed by atoms with Crippen LogP contribution in [0.4, 0.5) is 8.78 Å². The Hall–Kier alpha value is -0.920. The third-order valence-electron chi connectivity index (χ3n) is 2.30. The molecule has 1 atom stereocenters. The van der Waals surface area contributed by atoms with E-state index in [9.17, 15) is 13.9 Å². The second-order valence-electron chi connectivity index (χ2n) is 3.44. The first-order chi connectivity index (χ1) is 7.83. The van der Waals surface area contributed by atoms with E-state index in [0.29, 0.717) is 0 Å². The maximum absolute atomic E-state index is 13.2. The summed E-state index contributed by atoms with van der Waals surface area (Å²) in [5, 5.41) is 18.2. The molecule has 4 N–H and O–H groups in total. The minimum atomic E-state index is -3.52. The molecule has 1 aromatic carbocycles. The van der Waals surface area contributed by atoms with Gasteiger partial charge in [-0.2, -0.15) is 0 Å². The Kier molecular flexibility index (Phi) is 4.29. The zero-order chi connectivity index (χ0) is 13.2. The van der Waals surface area contributed by atoms with Gasteiger partial charge in [-0.3, -0.25) is 0 Å². The van der Waals surface area contributed by atoms with E-state index in [1.165, 1.54) is 19.2 Å². The second-order valence-corrected chi connectivity index (χ2v) is 4.30. The molecule has 0 radical (unpaired) electrons. The van der Waals surface area contributed by atoms with E-state index < -0.39 is 24.3 Å². The van der Waals surface area contributed by atoms with Crippen molar-refractivity contribution in [1.82, 2.24) is 0 Å². The van der Waals surface area contributed by atoms with E-state index >= 15 is 0 Å². The average molecular weight is 312 g/mol. The Labute approximate surface area is 105 Å². The third kappa shape index (κ3) is 2.85. The fourth-order valence-corrected chi connectivity index (χ4v) is 1.73. The van der Waals surface area contributed by atoms with Crippen molar-refractivity contribution in [3.63, 3.8) is 0 Å². The van der Waals surface area contributed by atoms with Crippen LogP contribution in [-0.2, 0) is 0 Å². The SMILES string of the molecule is COc1cc(Br)c(O)c([C@H](N)C(F)(F)CO)c1. The van der Waals surface area contributed by atoms with Crippen LogP contribution in [0.25, 0.3) is 0 Å². The number of hydrogen-bond acceptors (Lipinski definition) is 4. The molecule has 17 heavy (non-hydrogen) atoms. The van der Waals surface area contributed by atoms with Gasteiger partial charge in [0.15, 0.2) is 0 Å². The first kappa shape index (κ1) is 14.1. The summed E-state index contributed by atoms with van der Waals surface area (Å²) in [7, 11) is 1.36. The Morgan fingerprint density at radius 3 is 2.59 bits per heavy atom. The highest BCUT2D eigenvalue weighted by Crippen LogP contribution is 2.40. The number of halogens is 3. The molecule has 0 fully saturated rings. The summed E-state index contributed by atoms with van der Waals surface area (Å²) in [5.41, 5.74) is 5.13. The molecule has 0 amide bonds. The third-order valence-corrected chi connectivity index (χ3v) is 2.91. The van der Waals surface area contributed by atoms with Gasteiger partial charge in [0.25, 0.3) is 5.92 Å². The normalized spacial score (nSPS) is 13.5. The predicted molar refractivity (Wildman–Crippen MR) is 61.3 cm³/mol. The quantitative estimate of drug-likeness (QED) is 0.792. The van der Waals surface area contributed by atoms with Crippen LogP contribution in [0.3, 0.4) is 0 Å². The highest BCUT2D eigenvalue weighted by Gasteiger charge is 2.39. The zero-order valence-electron chi connectivity index (χ0n) is 8.95. The number of phenols is 1. The van der Waals surface area contributed by atoms with Crippen molar-refractivity contribution in [3.05, 3.63) is 22.2 Å². The molecule has 0 aliphatic rings. The van der Waals surface area contributed by atoms with Crippen LogP contribution in [0.2, 0.25) is 0 Å². The van der Waals surface area contributed by atoms with Crippen LogP contribution in [0, 0.1) is 0 Å². The molecule has 0 saturated heterocycles. The molecule has 0 unspecified atom stereocenters. The molecule has 0 bridgehead atoms. The number of rotatable bonds is 4. The molecule has 0 heterocycles. The van der Waals surface area contributed by atoms with Gasteiger partial charge in [0, 0.05) is 5.56 Å². The summed E-state index contributed by atoms with van der Waals surface area (Å²) in [6.45, 7) is -1.40. The van der Waals surface area contributed by atoms with E-state index in [1.807, 2.05) is 0 Å². The summed E-state index contributed by atoms with van der Waals surface area (Å²) < 4.78 is 31.5. The van der Waals surface area contributed by atoms with Gasteiger partial charge < -0.3 is 20.7 Å². The van der Waals surface area contributed by atoms with Crippen LogP contribution < -0.4 is 10.5 Å². The molecule has 1 rings (SSSR count). The molecular formula is C10H12BrF2NO3. The molecule has 0 aliphatic heterocycles. The van der Waals surface area contributed by atoms with Crippen LogP contribution in [-0.4, -0.2) is 29.9 Å². The zero-order valence-corrected chi connectivity index (χ0v) is 10.5. The fourth-order valence-electron chi connectivity index (χ4n) is 1.28. The maximum atomic E-state index is 13.2. The van der Waals surface area contributed by atoms with Gasteiger partial charge in [-0.05, 0) is 28.1 Å². The first-order valence-electron chi connectivity index (χ1n) is 4.64. The number of methoxy groups -OCH3 is 1. The summed E-state index contributed by atoms with van der Waals surface area (Å²) in [6, 6.07) is 0.802. The molecule has 0 aliphatic carbocycles. The fraction of sp³-hybridized carbons (Fsp3) is 0.400. The lowest BCUT2D eigenvalue weighted by Gasteiger charge is -2.23. The summed E-state index contributed by atoms with van der Waals surface area (Å²) in [4.78, 5) is 0. The number of ether oxygens (including phenoxy) is 1. The topological polar surface area (TPSA) is 75.7 Å². The van der Waals surface area contributed by atoms with E-state index in [4.69, 9.17) is 15.6 Å². The van der Waals surface area contributed by atoms with E-state index in [2.05, 4.69) is 15.9 Å². The Balaban J connectivity index is 3.25. The number of aliphatic hydroxyl groups excluding tert-OH is 1. The monoisotopic (exact) mass is 311 g/mol. The van der Waals surface area contributed by atoms with Crippen molar-refractivity contribution in [1.29, 1.82) is 0 Å². The van der Waals surface area contributed by atoms with Crippen LogP contribution in [0.5, 0.6) is 11.5 Å². The van der Waals surface area contributed by atoms with Crippen molar-refractivity contribution in [3.8, 4) is 11.5 Å². The maximum Gasteiger partial charge on any atom is 0.289 e. The lowest BCUT2D eigenvalue weighted by molar-refractivity contribution is -0.0716.